The van der Waals surface area contributed by atoms with Crippen molar-refractivity contribution < 1.29 is 0 Å². The van der Waals surface area contributed by atoms with Gasteiger partial charge in [-0.3, -0.25) is 9.80 Å². The molecule has 3 aliphatic heterocycles. The summed E-state index contributed by atoms with van der Waals surface area (Å²) in [5, 5.41) is 0. The maximum atomic E-state index is 6.19. The van der Waals surface area contributed by atoms with Gasteiger partial charge < -0.3 is 5.73 Å². The first-order chi connectivity index (χ1) is 6.66. The zero-order valence-electron chi connectivity index (χ0n) is 9.24. The van der Waals surface area contributed by atoms with Gasteiger partial charge in [0.2, 0.25) is 0 Å². The van der Waals surface area contributed by atoms with Crippen molar-refractivity contribution in [3.63, 3.8) is 0 Å². The molecule has 2 unspecified atom stereocenters. The largest absolute Gasteiger partial charge is 0.323 e. The summed E-state index contributed by atoms with van der Waals surface area (Å²) in [7, 11) is 0. The fraction of sp³-hybridized carbons (Fsp3) is 0.818. The maximum absolute atomic E-state index is 6.19. The van der Waals surface area contributed by atoms with Crippen LogP contribution in [0.4, 0.5) is 0 Å². The Morgan fingerprint density at radius 3 is 2.36 bits per heavy atom. The molecular weight excluding hydrogens is 174 g/mol. The van der Waals surface area contributed by atoms with Gasteiger partial charge in [0.25, 0.3) is 0 Å². The monoisotopic (exact) mass is 195 g/mol. The van der Waals surface area contributed by atoms with Crippen LogP contribution in [0.1, 0.15) is 13.8 Å². The molecule has 14 heavy (non-hydrogen) atoms. The van der Waals surface area contributed by atoms with E-state index in [4.69, 9.17) is 5.73 Å². The van der Waals surface area contributed by atoms with Gasteiger partial charge in [-0.25, -0.2) is 0 Å². The van der Waals surface area contributed by atoms with Crippen LogP contribution in [-0.4, -0.2) is 54.6 Å². The number of piperazine rings is 3. The third-order valence-corrected chi connectivity index (χ3v) is 3.29. The Morgan fingerprint density at radius 2 is 1.93 bits per heavy atom. The van der Waals surface area contributed by atoms with Crippen LogP contribution in [0, 0.1) is 0 Å². The van der Waals surface area contributed by atoms with Gasteiger partial charge >= 0.3 is 0 Å². The normalized spacial score (nSPS) is 38.1. The van der Waals surface area contributed by atoms with Crippen molar-refractivity contribution in [3.8, 4) is 0 Å². The lowest BCUT2D eigenvalue weighted by atomic mass is 9.99. The minimum absolute atomic E-state index is 0.211. The summed E-state index contributed by atoms with van der Waals surface area (Å²) in [6.45, 7) is 10.3. The van der Waals surface area contributed by atoms with Gasteiger partial charge in [0.15, 0.2) is 0 Å². The number of nitrogens with zero attached hydrogens (tertiary/aromatic N) is 2. The van der Waals surface area contributed by atoms with Gasteiger partial charge in [-0.2, -0.15) is 0 Å². The van der Waals surface area contributed by atoms with Crippen molar-refractivity contribution in [3.05, 3.63) is 11.6 Å². The van der Waals surface area contributed by atoms with E-state index in [2.05, 4.69) is 29.7 Å². The quantitative estimate of drug-likeness (QED) is 0.642. The Bertz CT molecular complexity index is 225. The predicted octanol–water partition coefficient (Wildman–Crippen LogP) is 0.280. The molecule has 0 spiro atoms. The van der Waals surface area contributed by atoms with Crippen LogP contribution < -0.4 is 5.73 Å². The zero-order valence-corrected chi connectivity index (χ0v) is 9.24. The second-order valence-electron chi connectivity index (χ2n) is 4.73. The van der Waals surface area contributed by atoms with Crippen LogP contribution in [-0.2, 0) is 0 Å². The molecule has 3 aliphatic rings. The minimum atomic E-state index is 0.211. The lowest BCUT2D eigenvalue weighted by Crippen LogP contribution is -2.65. The molecule has 3 fully saturated rings. The van der Waals surface area contributed by atoms with Crippen LogP contribution in [0.15, 0.2) is 11.6 Å². The number of nitrogens with two attached hydrogens (primary N) is 1. The summed E-state index contributed by atoms with van der Waals surface area (Å²) >= 11 is 0. The van der Waals surface area contributed by atoms with Crippen molar-refractivity contribution in [1.29, 1.82) is 0 Å². The molecule has 2 N–H and O–H groups in total. The van der Waals surface area contributed by atoms with E-state index in [0.717, 1.165) is 6.54 Å². The molecular formula is C11H21N3. The molecule has 3 nitrogen and oxygen atoms in total. The Labute approximate surface area is 86.5 Å². The van der Waals surface area contributed by atoms with E-state index in [1.807, 2.05) is 0 Å². The van der Waals surface area contributed by atoms with Crippen LogP contribution in [0.3, 0.4) is 0 Å². The van der Waals surface area contributed by atoms with Gasteiger partial charge in [-0.1, -0.05) is 11.6 Å². The van der Waals surface area contributed by atoms with Gasteiger partial charge in [0.05, 0.1) is 0 Å². The lowest BCUT2D eigenvalue weighted by Gasteiger charge is -2.49. The molecule has 80 valence electrons. The molecule has 3 saturated heterocycles. The van der Waals surface area contributed by atoms with Gasteiger partial charge in [0.1, 0.15) is 0 Å². The predicted molar refractivity (Wildman–Crippen MR) is 59.2 cm³/mol. The molecule has 0 saturated carbocycles. The Morgan fingerprint density at radius 1 is 1.29 bits per heavy atom. The average molecular weight is 195 g/mol. The van der Waals surface area contributed by atoms with Crippen LogP contribution in [0.2, 0.25) is 0 Å². The molecule has 0 aromatic rings. The van der Waals surface area contributed by atoms with Crippen molar-refractivity contribution >= 4 is 0 Å². The number of hydrogen-bond donors (Lipinski definition) is 1. The summed E-state index contributed by atoms with van der Waals surface area (Å²) in [4.78, 5) is 5.08. The molecule has 2 bridgehead atoms. The van der Waals surface area contributed by atoms with Crippen LogP contribution >= 0.6 is 0 Å². The first-order valence-electron chi connectivity index (χ1n) is 5.54. The SMILES string of the molecule is CC(C)=CC(N)C1CN2CCN1CC2. The van der Waals surface area contributed by atoms with Gasteiger partial charge in [-0.15, -0.1) is 0 Å². The van der Waals surface area contributed by atoms with Gasteiger partial charge in [0, 0.05) is 44.8 Å². The first-order valence-corrected chi connectivity index (χ1v) is 5.54. The molecule has 3 heteroatoms. The molecule has 2 atom stereocenters. The number of allylic oxidation sites excluding steroid dienone is 1. The van der Waals surface area contributed by atoms with Crippen molar-refractivity contribution in [2.24, 2.45) is 5.73 Å². The summed E-state index contributed by atoms with van der Waals surface area (Å²) in [5.41, 5.74) is 7.52. The zero-order chi connectivity index (χ0) is 10.1. The van der Waals surface area contributed by atoms with E-state index >= 15 is 0 Å². The molecule has 3 heterocycles. The fourth-order valence-electron chi connectivity index (χ4n) is 2.52. The molecule has 0 aliphatic carbocycles. The third-order valence-electron chi connectivity index (χ3n) is 3.29. The highest BCUT2D eigenvalue weighted by molar-refractivity contribution is 5.07. The van der Waals surface area contributed by atoms with Crippen LogP contribution in [0.5, 0.6) is 0 Å². The van der Waals surface area contributed by atoms with E-state index in [9.17, 15) is 0 Å². The highest BCUT2D eigenvalue weighted by Crippen LogP contribution is 2.18. The van der Waals surface area contributed by atoms with Crippen molar-refractivity contribution in [1.82, 2.24) is 9.80 Å². The van der Waals surface area contributed by atoms with E-state index in [-0.39, 0.29) is 6.04 Å². The van der Waals surface area contributed by atoms with E-state index in [1.54, 1.807) is 0 Å². The first kappa shape index (κ1) is 10.1. The van der Waals surface area contributed by atoms with E-state index in [1.165, 1.54) is 31.8 Å². The Hall–Kier alpha value is -0.380. The average Bonchev–Trinajstić information content (AvgIpc) is 2.18. The Kier molecular flexibility index (Phi) is 2.91. The summed E-state index contributed by atoms with van der Waals surface area (Å²) in [6.07, 6.45) is 2.20. The molecule has 3 rings (SSSR count). The smallest absolute Gasteiger partial charge is 0.0411 e. The lowest BCUT2D eigenvalue weighted by molar-refractivity contribution is 0.00837. The van der Waals surface area contributed by atoms with E-state index in [0.29, 0.717) is 6.04 Å². The summed E-state index contributed by atoms with van der Waals surface area (Å²) in [6, 6.07) is 0.760. The molecule has 0 radical (unpaired) electrons. The topological polar surface area (TPSA) is 32.5 Å². The van der Waals surface area contributed by atoms with Crippen LogP contribution in [0.25, 0.3) is 0 Å². The second kappa shape index (κ2) is 4.01. The number of hydrogen-bond acceptors (Lipinski definition) is 3. The number of rotatable bonds is 2. The van der Waals surface area contributed by atoms with E-state index < -0.39 is 0 Å². The minimum Gasteiger partial charge on any atom is -0.323 e. The maximum Gasteiger partial charge on any atom is 0.0411 e. The fourth-order valence-corrected chi connectivity index (χ4v) is 2.52. The molecule has 0 aromatic carbocycles. The van der Waals surface area contributed by atoms with Crippen molar-refractivity contribution in [2.75, 3.05) is 32.7 Å². The highest BCUT2D eigenvalue weighted by atomic mass is 15.3. The molecule has 0 amide bonds. The third kappa shape index (κ3) is 2.00. The second-order valence-corrected chi connectivity index (χ2v) is 4.73. The van der Waals surface area contributed by atoms with Crippen molar-refractivity contribution in [2.45, 2.75) is 25.9 Å². The Balaban J connectivity index is 2.01. The highest BCUT2D eigenvalue weighted by Gasteiger charge is 2.34. The van der Waals surface area contributed by atoms with Gasteiger partial charge in [-0.05, 0) is 13.8 Å². The molecule has 0 aromatic heterocycles. The summed E-state index contributed by atoms with van der Waals surface area (Å²) in [5.74, 6) is 0. The summed E-state index contributed by atoms with van der Waals surface area (Å²) < 4.78 is 0. The number of fused-ring (bicyclic) bond motifs is 3. The standard InChI is InChI=1S/C11H21N3/c1-9(2)7-10(12)11-8-13-3-5-14(11)6-4-13/h7,10-11H,3-6,8,12H2,1-2H3.